The fourth-order valence-electron chi connectivity index (χ4n) is 2.09. The third kappa shape index (κ3) is 2.29. The van der Waals surface area contributed by atoms with Crippen LogP contribution in [0.25, 0.3) is 0 Å². The van der Waals surface area contributed by atoms with Crippen molar-refractivity contribution in [2.24, 2.45) is 17.3 Å². The second kappa shape index (κ2) is 3.48. The van der Waals surface area contributed by atoms with Crippen LogP contribution in [0.3, 0.4) is 0 Å². The van der Waals surface area contributed by atoms with Crippen molar-refractivity contribution in [1.82, 2.24) is 0 Å². The summed E-state index contributed by atoms with van der Waals surface area (Å²) in [4.78, 5) is 21.5. The number of carbonyl (C=O) groups excluding carboxylic acids is 1. The van der Waals surface area contributed by atoms with E-state index < -0.39 is 11.9 Å². The number of hydrogen-bond donors (Lipinski definition) is 1. The lowest BCUT2D eigenvalue weighted by Crippen LogP contribution is -2.35. The number of hydrogen-bond acceptors (Lipinski definition) is 2. The summed E-state index contributed by atoms with van der Waals surface area (Å²) in [7, 11) is 0. The molecule has 0 amide bonds. The average Bonchev–Trinajstić information content (AvgIpc) is 2.01. The smallest absolute Gasteiger partial charge is 0.307 e. The molecule has 0 radical (unpaired) electrons. The van der Waals surface area contributed by atoms with Gasteiger partial charge in [-0.25, -0.2) is 0 Å². The molecule has 0 aliphatic heterocycles. The van der Waals surface area contributed by atoms with E-state index in [0.29, 0.717) is 12.8 Å². The molecular formula is C10H16O3. The number of carboxylic acid groups (broad SMARTS) is 1. The van der Waals surface area contributed by atoms with Gasteiger partial charge in [0.2, 0.25) is 0 Å². The molecule has 1 rings (SSSR count). The molecule has 1 saturated carbocycles. The Balaban J connectivity index is 2.71. The maximum atomic E-state index is 10.8. The zero-order valence-electron chi connectivity index (χ0n) is 8.12. The molecule has 0 heterocycles. The summed E-state index contributed by atoms with van der Waals surface area (Å²) in [6.07, 6.45) is 3.03. The molecule has 1 fully saturated rings. The minimum atomic E-state index is -0.826. The van der Waals surface area contributed by atoms with Gasteiger partial charge in [-0.15, -0.1) is 0 Å². The molecule has 1 unspecified atom stereocenters. The molecule has 0 aromatic heterocycles. The molecule has 1 aliphatic carbocycles. The molecule has 2 atom stereocenters. The van der Waals surface area contributed by atoms with Crippen molar-refractivity contribution in [3.63, 3.8) is 0 Å². The molecule has 13 heavy (non-hydrogen) atoms. The van der Waals surface area contributed by atoms with Gasteiger partial charge in [-0.2, -0.15) is 0 Å². The minimum Gasteiger partial charge on any atom is -0.481 e. The van der Waals surface area contributed by atoms with Crippen molar-refractivity contribution in [2.75, 3.05) is 0 Å². The van der Waals surface area contributed by atoms with Gasteiger partial charge in [0.1, 0.15) is 6.29 Å². The quantitative estimate of drug-likeness (QED) is 0.665. The number of aliphatic carboxylic acids is 1. The summed E-state index contributed by atoms with van der Waals surface area (Å²) in [5.41, 5.74) is 0.123. The highest BCUT2D eigenvalue weighted by Gasteiger charge is 2.38. The topological polar surface area (TPSA) is 54.4 Å². The zero-order chi connectivity index (χ0) is 10.1. The summed E-state index contributed by atoms with van der Waals surface area (Å²) in [6, 6.07) is 0. The van der Waals surface area contributed by atoms with Gasteiger partial charge in [0.25, 0.3) is 0 Å². The van der Waals surface area contributed by atoms with E-state index in [9.17, 15) is 9.59 Å². The lowest BCUT2D eigenvalue weighted by Gasteiger charge is -2.36. The number of aldehydes is 1. The second-order valence-corrected chi connectivity index (χ2v) is 4.65. The molecule has 0 saturated heterocycles. The number of rotatable bonds is 2. The minimum absolute atomic E-state index is 0.123. The van der Waals surface area contributed by atoms with Crippen molar-refractivity contribution in [3.05, 3.63) is 0 Å². The van der Waals surface area contributed by atoms with E-state index in [0.717, 1.165) is 12.7 Å². The van der Waals surface area contributed by atoms with Gasteiger partial charge < -0.3 is 9.90 Å². The van der Waals surface area contributed by atoms with Crippen LogP contribution in [0, 0.1) is 17.3 Å². The summed E-state index contributed by atoms with van der Waals surface area (Å²) >= 11 is 0. The molecule has 3 heteroatoms. The maximum absolute atomic E-state index is 10.8. The SMILES string of the molecule is CC1(C)CC[C@@H](C(=O)O)C(C=O)C1. The van der Waals surface area contributed by atoms with Crippen molar-refractivity contribution in [3.8, 4) is 0 Å². The van der Waals surface area contributed by atoms with Crippen molar-refractivity contribution < 1.29 is 14.7 Å². The van der Waals surface area contributed by atoms with Crippen LogP contribution in [0.4, 0.5) is 0 Å². The van der Waals surface area contributed by atoms with Crippen LogP contribution in [-0.4, -0.2) is 17.4 Å². The van der Waals surface area contributed by atoms with Crippen LogP contribution >= 0.6 is 0 Å². The molecule has 74 valence electrons. The van der Waals surface area contributed by atoms with E-state index in [1.165, 1.54) is 0 Å². The van der Waals surface area contributed by atoms with Crippen LogP contribution in [-0.2, 0) is 9.59 Å². The first-order chi connectivity index (χ1) is 5.96. The van der Waals surface area contributed by atoms with Crippen molar-refractivity contribution in [1.29, 1.82) is 0 Å². The fourth-order valence-corrected chi connectivity index (χ4v) is 2.09. The zero-order valence-corrected chi connectivity index (χ0v) is 8.12. The third-order valence-corrected chi connectivity index (χ3v) is 2.93. The monoisotopic (exact) mass is 184 g/mol. The Kier molecular flexibility index (Phi) is 2.74. The second-order valence-electron chi connectivity index (χ2n) is 4.65. The molecule has 1 aliphatic rings. The lowest BCUT2D eigenvalue weighted by atomic mass is 9.68. The van der Waals surface area contributed by atoms with Crippen LogP contribution in [0.2, 0.25) is 0 Å². The Morgan fingerprint density at radius 2 is 2.15 bits per heavy atom. The van der Waals surface area contributed by atoms with Crippen molar-refractivity contribution >= 4 is 12.3 Å². The molecule has 1 N–H and O–H groups in total. The predicted octanol–water partition coefficient (Wildman–Crippen LogP) is 1.71. The van der Waals surface area contributed by atoms with E-state index in [2.05, 4.69) is 13.8 Å². The van der Waals surface area contributed by atoms with Gasteiger partial charge in [0.05, 0.1) is 5.92 Å². The Morgan fingerprint density at radius 3 is 2.62 bits per heavy atom. The van der Waals surface area contributed by atoms with Crippen LogP contribution < -0.4 is 0 Å². The van der Waals surface area contributed by atoms with Crippen LogP contribution in [0.15, 0.2) is 0 Å². The molecular weight excluding hydrogens is 168 g/mol. The first-order valence-electron chi connectivity index (χ1n) is 4.64. The Morgan fingerprint density at radius 1 is 1.54 bits per heavy atom. The predicted molar refractivity (Wildman–Crippen MR) is 48.3 cm³/mol. The summed E-state index contributed by atoms with van der Waals surface area (Å²) < 4.78 is 0. The number of carboxylic acids is 1. The van der Waals surface area contributed by atoms with E-state index in [1.54, 1.807) is 0 Å². The highest BCUT2D eigenvalue weighted by Crippen LogP contribution is 2.40. The van der Waals surface area contributed by atoms with Gasteiger partial charge >= 0.3 is 5.97 Å². The maximum Gasteiger partial charge on any atom is 0.307 e. The molecule has 0 spiro atoms. The Bertz CT molecular complexity index is 220. The fraction of sp³-hybridized carbons (Fsp3) is 0.800. The van der Waals surface area contributed by atoms with Gasteiger partial charge in [0, 0.05) is 5.92 Å². The molecule has 0 aromatic carbocycles. The highest BCUT2D eigenvalue weighted by atomic mass is 16.4. The normalized spacial score (nSPS) is 32.5. The van der Waals surface area contributed by atoms with Crippen molar-refractivity contribution in [2.45, 2.75) is 33.1 Å². The third-order valence-electron chi connectivity index (χ3n) is 2.93. The number of carbonyl (C=O) groups is 2. The molecule has 0 aromatic rings. The largest absolute Gasteiger partial charge is 0.481 e. The Hall–Kier alpha value is -0.860. The van der Waals surface area contributed by atoms with Gasteiger partial charge in [-0.3, -0.25) is 4.79 Å². The molecule has 3 nitrogen and oxygen atoms in total. The van der Waals surface area contributed by atoms with Gasteiger partial charge in [-0.1, -0.05) is 13.8 Å². The summed E-state index contributed by atoms with van der Waals surface area (Å²) in [5.74, 6) is -1.57. The van der Waals surface area contributed by atoms with Crippen LogP contribution in [0.1, 0.15) is 33.1 Å². The molecule has 0 bridgehead atoms. The van der Waals surface area contributed by atoms with E-state index in [4.69, 9.17) is 5.11 Å². The lowest BCUT2D eigenvalue weighted by molar-refractivity contribution is -0.147. The average molecular weight is 184 g/mol. The highest BCUT2D eigenvalue weighted by molar-refractivity contribution is 5.75. The van der Waals surface area contributed by atoms with Gasteiger partial charge in [-0.05, 0) is 24.7 Å². The van der Waals surface area contributed by atoms with Gasteiger partial charge in [0.15, 0.2) is 0 Å². The standard InChI is InChI=1S/C10H16O3/c1-10(2)4-3-8(9(12)13)7(5-10)6-11/h6-8H,3-5H2,1-2H3,(H,12,13)/t7?,8-/m1/s1. The first-order valence-corrected chi connectivity index (χ1v) is 4.64. The van der Waals surface area contributed by atoms with E-state index in [1.807, 2.05) is 0 Å². The van der Waals surface area contributed by atoms with E-state index in [-0.39, 0.29) is 11.3 Å². The van der Waals surface area contributed by atoms with Crippen LogP contribution in [0.5, 0.6) is 0 Å². The van der Waals surface area contributed by atoms with E-state index >= 15 is 0 Å². The first kappa shape index (κ1) is 10.2. The Labute approximate surface area is 78.1 Å². The summed E-state index contributed by atoms with van der Waals surface area (Å²) in [6.45, 7) is 4.17. The summed E-state index contributed by atoms with van der Waals surface area (Å²) in [5, 5.41) is 8.85.